The monoisotopic (exact) mass is 546 g/mol. The maximum Gasteiger partial charge on any atom is 0.277 e. The zero-order valence-corrected chi connectivity index (χ0v) is 23.0. The number of aldehydes is 1. The minimum Gasteiger partial charge on any atom is -0.377 e. The van der Waals surface area contributed by atoms with Crippen molar-refractivity contribution in [3.8, 4) is 10.6 Å². The Balaban J connectivity index is 0.000000134. The van der Waals surface area contributed by atoms with E-state index in [4.69, 9.17) is 0 Å². The number of aryl methyl sites for hydroxylation is 1. The van der Waals surface area contributed by atoms with Crippen molar-refractivity contribution in [3.63, 3.8) is 0 Å². The lowest BCUT2D eigenvalue weighted by atomic mass is 10.0. The van der Waals surface area contributed by atoms with E-state index in [1.165, 1.54) is 31.4 Å². The zero-order chi connectivity index (χ0) is 26.7. The average molecular weight is 547 g/mol. The van der Waals surface area contributed by atoms with Gasteiger partial charge >= 0.3 is 0 Å². The van der Waals surface area contributed by atoms with Gasteiger partial charge < -0.3 is 15.4 Å². The fraction of sp³-hybridized carbons (Fsp3) is 0.250. The zero-order valence-electron chi connectivity index (χ0n) is 21.3. The first-order valence-corrected chi connectivity index (χ1v) is 14.0. The maximum atomic E-state index is 11.9. The molecule has 0 amide bonds. The number of aromatic nitrogens is 4. The molecular formula is C28H30N6O2S2. The number of nitrogens with one attached hydrogen (secondary N) is 2. The van der Waals surface area contributed by atoms with Gasteiger partial charge in [0, 0.05) is 57.1 Å². The number of fused-ring (bicyclic) bond motifs is 2. The summed E-state index contributed by atoms with van der Waals surface area (Å²) in [7, 11) is 1.96. The van der Waals surface area contributed by atoms with Gasteiger partial charge in [0.25, 0.3) is 5.56 Å². The van der Waals surface area contributed by atoms with E-state index >= 15 is 0 Å². The van der Waals surface area contributed by atoms with Crippen LogP contribution in [-0.4, -0.2) is 38.9 Å². The topological polar surface area (TPSA) is 102 Å². The van der Waals surface area contributed by atoms with Gasteiger partial charge in [0.05, 0.1) is 18.6 Å². The average Bonchev–Trinajstić information content (AvgIpc) is 3.62. The van der Waals surface area contributed by atoms with E-state index in [0.29, 0.717) is 18.0 Å². The van der Waals surface area contributed by atoms with Crippen LogP contribution in [0.2, 0.25) is 0 Å². The van der Waals surface area contributed by atoms with E-state index in [0.717, 1.165) is 30.1 Å². The van der Waals surface area contributed by atoms with Gasteiger partial charge in [-0.05, 0) is 38.9 Å². The van der Waals surface area contributed by atoms with Gasteiger partial charge in [-0.25, -0.2) is 9.97 Å². The standard InChI is InChI=1S/C10H13N3O2.C9H10N2S.C9H7NS/c1-7-2-3-8-9(12-7)10(15)13(4-5-14)6-11-8;1-10-6-8-4-7-5-11-3-2-9(7)12-8;1-2-4-8(5-3-1)9-10-6-7-11-9/h5-7,12H,2-4H2,1H3;2-5,10H,6H2,1H3;1-7H. The number of carbonyl (C=O) groups excluding carboxylic acids is 1. The molecule has 0 aliphatic carbocycles. The summed E-state index contributed by atoms with van der Waals surface area (Å²) in [6, 6.07) is 14.7. The van der Waals surface area contributed by atoms with Crippen molar-refractivity contribution in [2.75, 3.05) is 12.4 Å². The Labute approximate surface area is 229 Å². The fourth-order valence-electron chi connectivity index (χ4n) is 3.89. The van der Waals surface area contributed by atoms with E-state index in [9.17, 15) is 9.59 Å². The van der Waals surface area contributed by atoms with E-state index in [1.807, 2.05) is 67.5 Å². The van der Waals surface area contributed by atoms with E-state index in [-0.39, 0.29) is 12.1 Å². The number of thiophene rings is 1. The highest BCUT2D eigenvalue weighted by Crippen LogP contribution is 2.24. The van der Waals surface area contributed by atoms with Gasteiger partial charge in [0.2, 0.25) is 0 Å². The van der Waals surface area contributed by atoms with E-state index in [2.05, 4.69) is 49.9 Å². The molecule has 1 atom stereocenters. The van der Waals surface area contributed by atoms with Crippen molar-refractivity contribution in [3.05, 3.63) is 93.7 Å². The smallest absolute Gasteiger partial charge is 0.277 e. The van der Waals surface area contributed by atoms with Crippen LogP contribution < -0.4 is 16.2 Å². The Morgan fingerprint density at radius 2 is 2.03 bits per heavy atom. The summed E-state index contributed by atoms with van der Waals surface area (Å²) in [6.07, 6.45) is 9.51. The van der Waals surface area contributed by atoms with Crippen molar-refractivity contribution < 1.29 is 4.79 Å². The number of rotatable bonds is 5. The molecule has 8 nitrogen and oxygen atoms in total. The van der Waals surface area contributed by atoms with Gasteiger partial charge in [-0.15, -0.1) is 22.7 Å². The molecule has 1 unspecified atom stereocenters. The number of nitrogens with zero attached hydrogens (tertiary/aromatic N) is 4. The lowest BCUT2D eigenvalue weighted by Crippen LogP contribution is -2.33. The summed E-state index contributed by atoms with van der Waals surface area (Å²) >= 11 is 3.48. The van der Waals surface area contributed by atoms with Crippen LogP contribution in [0.25, 0.3) is 20.7 Å². The Hall–Kier alpha value is -3.73. The van der Waals surface area contributed by atoms with E-state index in [1.54, 1.807) is 11.3 Å². The second kappa shape index (κ2) is 13.7. The normalized spacial score (nSPS) is 13.8. The molecule has 1 aliphatic heterocycles. The van der Waals surface area contributed by atoms with Crippen LogP contribution in [0.4, 0.5) is 5.69 Å². The molecule has 0 fully saturated rings. The number of carbonyl (C=O) groups is 1. The number of anilines is 1. The quantitative estimate of drug-likeness (QED) is 0.299. The fourth-order valence-corrected chi connectivity index (χ4v) is 5.58. The minimum absolute atomic E-state index is 0.0647. The van der Waals surface area contributed by atoms with Gasteiger partial charge in [-0.3, -0.25) is 14.3 Å². The molecule has 2 N–H and O–H groups in total. The highest BCUT2D eigenvalue weighted by Gasteiger charge is 2.19. The summed E-state index contributed by atoms with van der Waals surface area (Å²) in [5, 5.41) is 10.6. The second-order valence-electron chi connectivity index (χ2n) is 8.63. The number of thiazole rings is 1. The summed E-state index contributed by atoms with van der Waals surface area (Å²) in [4.78, 5) is 36.0. The van der Waals surface area contributed by atoms with Crippen molar-refractivity contribution in [1.82, 2.24) is 24.8 Å². The van der Waals surface area contributed by atoms with Crippen LogP contribution in [0.3, 0.4) is 0 Å². The Morgan fingerprint density at radius 3 is 2.74 bits per heavy atom. The molecule has 5 aromatic rings. The molecule has 0 saturated carbocycles. The third-order valence-electron chi connectivity index (χ3n) is 5.76. The number of benzene rings is 1. The summed E-state index contributed by atoms with van der Waals surface area (Å²) < 4.78 is 2.63. The van der Waals surface area contributed by atoms with Crippen LogP contribution in [0.15, 0.2) is 77.6 Å². The van der Waals surface area contributed by atoms with Crippen molar-refractivity contribution in [2.45, 2.75) is 38.9 Å². The Kier molecular flexibility index (Phi) is 9.85. The number of hydrogen-bond donors (Lipinski definition) is 2. The lowest BCUT2D eigenvalue weighted by Gasteiger charge is -2.22. The summed E-state index contributed by atoms with van der Waals surface area (Å²) in [5.41, 5.74) is 2.40. The summed E-state index contributed by atoms with van der Waals surface area (Å²) in [6.45, 7) is 3.04. The molecule has 6 rings (SSSR count). The highest BCUT2D eigenvalue weighted by atomic mass is 32.1. The molecule has 1 aromatic carbocycles. The molecular weight excluding hydrogens is 516 g/mol. The van der Waals surface area contributed by atoms with Crippen molar-refractivity contribution in [2.24, 2.45) is 0 Å². The molecule has 10 heteroatoms. The first-order chi connectivity index (χ1) is 18.6. The number of pyridine rings is 1. The summed E-state index contributed by atoms with van der Waals surface area (Å²) in [5.74, 6) is 0. The Morgan fingerprint density at radius 1 is 1.18 bits per heavy atom. The first kappa shape index (κ1) is 27.3. The van der Waals surface area contributed by atoms with Crippen molar-refractivity contribution >= 4 is 44.7 Å². The molecule has 0 saturated heterocycles. The predicted octanol–water partition coefficient (Wildman–Crippen LogP) is 5.01. The SMILES string of the molecule is CC1CCc2ncn(CC=O)c(=O)c2N1.CNCc1cc2cnccc2s1.c1ccc(-c2nccs2)cc1. The van der Waals surface area contributed by atoms with Crippen LogP contribution in [0.1, 0.15) is 23.9 Å². The molecule has 4 aromatic heterocycles. The molecule has 196 valence electrons. The molecule has 0 radical (unpaired) electrons. The maximum absolute atomic E-state index is 11.9. The molecule has 38 heavy (non-hydrogen) atoms. The molecule has 1 aliphatic rings. The highest BCUT2D eigenvalue weighted by molar-refractivity contribution is 7.19. The third-order valence-corrected chi connectivity index (χ3v) is 7.70. The van der Waals surface area contributed by atoms with Crippen LogP contribution >= 0.6 is 22.7 Å². The molecule has 0 spiro atoms. The molecule has 5 heterocycles. The van der Waals surface area contributed by atoms with Gasteiger partial charge in [0.1, 0.15) is 17.0 Å². The van der Waals surface area contributed by atoms with Crippen LogP contribution in [0, 0.1) is 0 Å². The predicted molar refractivity (Wildman–Crippen MR) is 156 cm³/mol. The van der Waals surface area contributed by atoms with E-state index < -0.39 is 0 Å². The van der Waals surface area contributed by atoms with Gasteiger partial charge in [-0.1, -0.05) is 30.3 Å². The van der Waals surface area contributed by atoms with Gasteiger partial charge in [-0.2, -0.15) is 0 Å². The largest absolute Gasteiger partial charge is 0.377 e. The van der Waals surface area contributed by atoms with Gasteiger partial charge in [0.15, 0.2) is 0 Å². The third kappa shape index (κ3) is 7.18. The van der Waals surface area contributed by atoms with Crippen molar-refractivity contribution in [1.29, 1.82) is 0 Å². The van der Waals surface area contributed by atoms with Crippen LogP contribution in [-0.2, 0) is 24.3 Å². The van der Waals surface area contributed by atoms with Crippen LogP contribution in [0.5, 0.6) is 0 Å². The lowest BCUT2D eigenvalue weighted by molar-refractivity contribution is -0.108. The minimum atomic E-state index is -0.154. The second-order valence-corrected chi connectivity index (χ2v) is 10.7. The number of hydrogen-bond acceptors (Lipinski definition) is 9. The molecule has 0 bridgehead atoms. The Bertz CT molecular complexity index is 1470. The first-order valence-electron chi connectivity index (χ1n) is 12.3.